The fourth-order valence-corrected chi connectivity index (χ4v) is 2.00. The zero-order valence-corrected chi connectivity index (χ0v) is 11.2. The first-order chi connectivity index (χ1) is 8.85. The summed E-state index contributed by atoms with van der Waals surface area (Å²) in [6.07, 6.45) is 7.48. The standard InChI is InChI=1S/C15H21N3/c1-3-5-6-13-7-9-14(10-8-13)18-12-11-17-15(18)16-4-2/h7-12H,3-6H2,1-2H3,(H,16,17). The van der Waals surface area contributed by atoms with Gasteiger partial charge >= 0.3 is 0 Å². The van der Waals surface area contributed by atoms with Gasteiger partial charge in [0.1, 0.15) is 0 Å². The van der Waals surface area contributed by atoms with Gasteiger partial charge in [0, 0.05) is 24.6 Å². The van der Waals surface area contributed by atoms with Crippen LogP contribution in [0.5, 0.6) is 0 Å². The predicted octanol–water partition coefficient (Wildman–Crippen LogP) is 3.65. The lowest BCUT2D eigenvalue weighted by molar-refractivity contribution is 0.795. The normalized spacial score (nSPS) is 10.6. The monoisotopic (exact) mass is 243 g/mol. The molecule has 1 N–H and O–H groups in total. The van der Waals surface area contributed by atoms with Crippen LogP contribution in [0.15, 0.2) is 36.7 Å². The average molecular weight is 243 g/mol. The molecule has 0 aliphatic rings. The molecule has 18 heavy (non-hydrogen) atoms. The second kappa shape index (κ2) is 6.24. The van der Waals surface area contributed by atoms with E-state index in [-0.39, 0.29) is 0 Å². The average Bonchev–Trinajstić information content (AvgIpc) is 2.86. The summed E-state index contributed by atoms with van der Waals surface area (Å²) >= 11 is 0. The Labute approximate surface area is 109 Å². The third kappa shape index (κ3) is 2.92. The summed E-state index contributed by atoms with van der Waals surface area (Å²) in [7, 11) is 0. The van der Waals surface area contributed by atoms with E-state index in [1.165, 1.54) is 24.8 Å². The summed E-state index contributed by atoms with van der Waals surface area (Å²) in [6, 6.07) is 8.74. The van der Waals surface area contributed by atoms with Crippen LogP contribution in [-0.2, 0) is 6.42 Å². The SMILES string of the molecule is CCCCc1ccc(-n2ccnc2NCC)cc1. The highest BCUT2D eigenvalue weighted by molar-refractivity contribution is 5.42. The number of nitrogens with one attached hydrogen (secondary N) is 1. The van der Waals surface area contributed by atoms with E-state index in [1.807, 2.05) is 12.4 Å². The van der Waals surface area contributed by atoms with Gasteiger partial charge in [-0.2, -0.15) is 0 Å². The van der Waals surface area contributed by atoms with E-state index in [9.17, 15) is 0 Å². The van der Waals surface area contributed by atoms with Gasteiger partial charge in [0.25, 0.3) is 0 Å². The Morgan fingerprint density at radius 2 is 1.94 bits per heavy atom. The Kier molecular flexibility index (Phi) is 4.40. The van der Waals surface area contributed by atoms with E-state index >= 15 is 0 Å². The second-order valence-corrected chi connectivity index (χ2v) is 4.42. The van der Waals surface area contributed by atoms with Gasteiger partial charge in [-0.1, -0.05) is 25.5 Å². The molecule has 0 aliphatic carbocycles. The zero-order valence-electron chi connectivity index (χ0n) is 11.2. The minimum Gasteiger partial charge on any atom is -0.356 e. The van der Waals surface area contributed by atoms with Crippen molar-refractivity contribution in [2.75, 3.05) is 11.9 Å². The van der Waals surface area contributed by atoms with Gasteiger partial charge in [-0.05, 0) is 37.5 Å². The Balaban J connectivity index is 2.15. The second-order valence-electron chi connectivity index (χ2n) is 4.42. The van der Waals surface area contributed by atoms with E-state index < -0.39 is 0 Å². The van der Waals surface area contributed by atoms with Crippen LogP contribution < -0.4 is 5.32 Å². The van der Waals surface area contributed by atoms with E-state index in [4.69, 9.17) is 0 Å². The number of imidazole rings is 1. The summed E-state index contributed by atoms with van der Waals surface area (Å²) in [6.45, 7) is 5.18. The molecule has 0 radical (unpaired) electrons. The van der Waals surface area contributed by atoms with Crippen molar-refractivity contribution < 1.29 is 0 Å². The van der Waals surface area contributed by atoms with Gasteiger partial charge in [0.15, 0.2) is 0 Å². The summed E-state index contributed by atoms with van der Waals surface area (Å²) in [5.74, 6) is 0.902. The Bertz CT molecular complexity index is 471. The smallest absolute Gasteiger partial charge is 0.207 e. The maximum atomic E-state index is 4.31. The molecular weight excluding hydrogens is 222 g/mol. The van der Waals surface area contributed by atoms with Crippen molar-refractivity contribution in [1.82, 2.24) is 9.55 Å². The number of anilines is 1. The van der Waals surface area contributed by atoms with Gasteiger partial charge in [0.05, 0.1) is 0 Å². The van der Waals surface area contributed by atoms with Crippen LogP contribution in [0.25, 0.3) is 5.69 Å². The van der Waals surface area contributed by atoms with Crippen molar-refractivity contribution in [3.63, 3.8) is 0 Å². The minimum absolute atomic E-state index is 0.881. The van der Waals surface area contributed by atoms with E-state index in [0.717, 1.165) is 18.2 Å². The molecule has 96 valence electrons. The lowest BCUT2D eigenvalue weighted by Crippen LogP contribution is -2.04. The van der Waals surface area contributed by atoms with Crippen LogP contribution in [0, 0.1) is 0 Å². The van der Waals surface area contributed by atoms with Crippen LogP contribution in [0.3, 0.4) is 0 Å². The Morgan fingerprint density at radius 1 is 1.17 bits per heavy atom. The lowest BCUT2D eigenvalue weighted by Gasteiger charge is -2.09. The predicted molar refractivity (Wildman–Crippen MR) is 76.3 cm³/mol. The Hall–Kier alpha value is -1.77. The minimum atomic E-state index is 0.881. The van der Waals surface area contributed by atoms with Crippen LogP contribution >= 0.6 is 0 Å². The molecule has 0 bridgehead atoms. The van der Waals surface area contributed by atoms with Crippen molar-refractivity contribution in [2.45, 2.75) is 33.1 Å². The van der Waals surface area contributed by atoms with Crippen molar-refractivity contribution in [2.24, 2.45) is 0 Å². The molecule has 1 aromatic heterocycles. The maximum Gasteiger partial charge on any atom is 0.207 e. The summed E-state index contributed by atoms with van der Waals surface area (Å²) in [5, 5.41) is 3.26. The molecule has 0 fully saturated rings. The van der Waals surface area contributed by atoms with Crippen LogP contribution in [0.4, 0.5) is 5.95 Å². The third-order valence-electron chi connectivity index (χ3n) is 3.01. The number of hydrogen-bond acceptors (Lipinski definition) is 2. The van der Waals surface area contributed by atoms with Gasteiger partial charge in [0.2, 0.25) is 5.95 Å². The number of unbranched alkanes of at least 4 members (excludes halogenated alkanes) is 1. The summed E-state index contributed by atoms with van der Waals surface area (Å²) in [5.41, 5.74) is 2.56. The highest BCUT2D eigenvalue weighted by Crippen LogP contribution is 2.16. The fraction of sp³-hybridized carbons (Fsp3) is 0.400. The molecule has 1 heterocycles. The van der Waals surface area contributed by atoms with Crippen molar-refractivity contribution >= 4 is 5.95 Å². The van der Waals surface area contributed by atoms with Crippen LogP contribution in [0.2, 0.25) is 0 Å². The van der Waals surface area contributed by atoms with Crippen molar-refractivity contribution in [3.8, 4) is 5.69 Å². The lowest BCUT2D eigenvalue weighted by atomic mass is 10.1. The molecule has 0 unspecified atom stereocenters. The quantitative estimate of drug-likeness (QED) is 0.839. The Morgan fingerprint density at radius 3 is 2.61 bits per heavy atom. The fourth-order valence-electron chi connectivity index (χ4n) is 2.00. The molecule has 0 saturated heterocycles. The molecule has 0 spiro atoms. The molecule has 3 heteroatoms. The molecule has 0 aliphatic heterocycles. The summed E-state index contributed by atoms with van der Waals surface area (Å²) in [4.78, 5) is 4.31. The number of benzene rings is 1. The highest BCUT2D eigenvalue weighted by Gasteiger charge is 2.03. The van der Waals surface area contributed by atoms with E-state index in [2.05, 4.69) is 53.0 Å². The highest BCUT2D eigenvalue weighted by atomic mass is 15.2. The van der Waals surface area contributed by atoms with Crippen LogP contribution in [0.1, 0.15) is 32.3 Å². The van der Waals surface area contributed by atoms with Crippen molar-refractivity contribution in [1.29, 1.82) is 0 Å². The number of aromatic nitrogens is 2. The van der Waals surface area contributed by atoms with Gasteiger partial charge in [-0.25, -0.2) is 4.98 Å². The first-order valence-electron chi connectivity index (χ1n) is 6.71. The summed E-state index contributed by atoms with van der Waals surface area (Å²) < 4.78 is 2.08. The molecule has 3 nitrogen and oxygen atoms in total. The van der Waals surface area contributed by atoms with E-state index in [1.54, 1.807) is 0 Å². The number of aryl methyl sites for hydroxylation is 1. The first-order valence-corrected chi connectivity index (χ1v) is 6.71. The van der Waals surface area contributed by atoms with Crippen molar-refractivity contribution in [3.05, 3.63) is 42.2 Å². The molecule has 0 saturated carbocycles. The number of hydrogen-bond donors (Lipinski definition) is 1. The molecule has 0 amide bonds. The van der Waals surface area contributed by atoms with E-state index in [0.29, 0.717) is 0 Å². The van der Waals surface area contributed by atoms with Gasteiger partial charge < -0.3 is 5.32 Å². The molecule has 1 aromatic carbocycles. The molecule has 0 atom stereocenters. The third-order valence-corrected chi connectivity index (χ3v) is 3.01. The number of rotatable bonds is 6. The molecule has 2 aromatic rings. The first kappa shape index (κ1) is 12.7. The molecular formula is C15H21N3. The largest absolute Gasteiger partial charge is 0.356 e. The molecule has 2 rings (SSSR count). The van der Waals surface area contributed by atoms with Gasteiger partial charge in [-0.15, -0.1) is 0 Å². The maximum absolute atomic E-state index is 4.31. The van der Waals surface area contributed by atoms with Crippen LogP contribution in [-0.4, -0.2) is 16.1 Å². The van der Waals surface area contributed by atoms with Gasteiger partial charge in [-0.3, -0.25) is 4.57 Å². The number of nitrogens with zero attached hydrogens (tertiary/aromatic N) is 2. The zero-order chi connectivity index (χ0) is 12.8. The topological polar surface area (TPSA) is 29.9 Å².